The second-order valence-corrected chi connectivity index (χ2v) is 7.44. The number of nitriles is 1. The Kier molecular flexibility index (Phi) is 5.59. The number of amides is 1. The zero-order valence-electron chi connectivity index (χ0n) is 14.8. The molecule has 9 heteroatoms. The molecule has 3 N–H and O–H groups in total. The Hall–Kier alpha value is -3.74. The summed E-state index contributed by atoms with van der Waals surface area (Å²) in [5.41, 5.74) is 0.273. The molecule has 0 atom stereocenters. The normalized spacial score (nSPS) is 11.7. The van der Waals surface area contributed by atoms with Crippen LogP contribution < -0.4 is 10.5 Å². The number of carbonyl (C=O) groups is 1. The predicted octanol–water partition coefficient (Wildman–Crippen LogP) is 3.28. The summed E-state index contributed by atoms with van der Waals surface area (Å²) in [5, 5.41) is 16.8. The number of nitrogens with zero attached hydrogens (tertiary/aromatic N) is 1. The molecule has 1 aromatic heterocycles. The van der Waals surface area contributed by atoms with E-state index in [0.29, 0.717) is 0 Å². The molecule has 0 radical (unpaired) electrons. The lowest BCUT2D eigenvalue weighted by atomic mass is 10.1. The molecule has 1 heterocycles. The van der Waals surface area contributed by atoms with Crippen molar-refractivity contribution < 1.29 is 22.0 Å². The zero-order valence-corrected chi connectivity index (χ0v) is 15.6. The Labute approximate surface area is 165 Å². The van der Waals surface area contributed by atoms with Crippen LogP contribution >= 0.6 is 0 Å². The van der Waals surface area contributed by atoms with Crippen molar-refractivity contribution in [1.82, 2.24) is 0 Å². The Morgan fingerprint density at radius 2 is 1.79 bits per heavy atom. The number of furan rings is 1. The van der Waals surface area contributed by atoms with Crippen LogP contribution in [0.15, 0.2) is 75.5 Å². The van der Waals surface area contributed by atoms with Gasteiger partial charge in [-0.1, -0.05) is 12.1 Å². The number of halogens is 1. The number of sulfonamides is 1. The lowest BCUT2D eigenvalue weighted by Gasteiger charge is -2.05. The molecule has 0 aliphatic rings. The second-order valence-electron chi connectivity index (χ2n) is 5.88. The molecule has 0 aliphatic carbocycles. The number of nitrogens with one attached hydrogen (secondary N) is 1. The number of anilines is 1. The minimum absolute atomic E-state index is 0.109. The minimum Gasteiger partial charge on any atom is -0.457 e. The maximum atomic E-state index is 13.8. The van der Waals surface area contributed by atoms with E-state index in [1.165, 1.54) is 48.5 Å². The molecule has 146 valence electrons. The van der Waals surface area contributed by atoms with Gasteiger partial charge in [0.2, 0.25) is 10.0 Å². The average molecular weight is 411 g/mol. The molecular formula is C20H14FN3O4S. The van der Waals surface area contributed by atoms with Crippen molar-refractivity contribution in [3.8, 4) is 17.4 Å². The molecule has 0 aliphatic heterocycles. The van der Waals surface area contributed by atoms with Crippen LogP contribution in [-0.2, 0) is 14.8 Å². The summed E-state index contributed by atoms with van der Waals surface area (Å²) in [6.45, 7) is 0. The highest BCUT2D eigenvalue weighted by Crippen LogP contribution is 2.26. The molecule has 3 rings (SSSR count). The van der Waals surface area contributed by atoms with Crippen molar-refractivity contribution in [2.75, 3.05) is 5.32 Å². The van der Waals surface area contributed by atoms with E-state index in [1.807, 2.05) is 0 Å². The van der Waals surface area contributed by atoms with Gasteiger partial charge in [-0.2, -0.15) is 5.26 Å². The van der Waals surface area contributed by atoms with E-state index in [-0.39, 0.29) is 33.2 Å². The van der Waals surface area contributed by atoms with E-state index in [9.17, 15) is 22.9 Å². The number of benzene rings is 2. The highest BCUT2D eigenvalue weighted by atomic mass is 32.2. The molecule has 0 fully saturated rings. The van der Waals surface area contributed by atoms with Crippen molar-refractivity contribution >= 4 is 27.7 Å². The highest BCUT2D eigenvalue weighted by Gasteiger charge is 2.13. The number of primary sulfonamides is 1. The molecule has 2 aromatic carbocycles. The van der Waals surface area contributed by atoms with Gasteiger partial charge in [-0.05, 0) is 48.5 Å². The van der Waals surface area contributed by atoms with E-state index in [0.717, 1.165) is 0 Å². The van der Waals surface area contributed by atoms with Gasteiger partial charge in [-0.25, -0.2) is 17.9 Å². The minimum atomic E-state index is -3.85. The molecule has 0 saturated heterocycles. The maximum absolute atomic E-state index is 13.8. The smallest absolute Gasteiger partial charge is 0.266 e. The number of rotatable bonds is 5. The molecule has 0 spiro atoms. The Morgan fingerprint density at radius 3 is 2.41 bits per heavy atom. The fraction of sp³-hybridized carbons (Fsp3) is 0. The summed E-state index contributed by atoms with van der Waals surface area (Å²) >= 11 is 0. The Balaban J connectivity index is 1.79. The van der Waals surface area contributed by atoms with Gasteiger partial charge in [0.25, 0.3) is 5.91 Å². The molecule has 3 aromatic rings. The molecule has 0 saturated carbocycles. The van der Waals surface area contributed by atoms with Crippen LogP contribution in [0.5, 0.6) is 0 Å². The lowest BCUT2D eigenvalue weighted by molar-refractivity contribution is -0.112. The van der Waals surface area contributed by atoms with Gasteiger partial charge in [0, 0.05) is 11.8 Å². The van der Waals surface area contributed by atoms with Crippen LogP contribution in [0.2, 0.25) is 0 Å². The molecule has 0 unspecified atom stereocenters. The van der Waals surface area contributed by atoms with Crippen molar-refractivity contribution in [2.45, 2.75) is 4.90 Å². The standard InChI is InChI=1S/C20H14FN3O4S/c21-18-4-2-1-3-17(18)19-10-7-15(28-19)11-13(12-22)20(25)24-14-5-8-16(9-6-14)29(23,26)27/h1-11H,(H,24,25)(H2,23,26,27)/b13-11+. The van der Waals surface area contributed by atoms with E-state index < -0.39 is 21.7 Å². The average Bonchev–Trinajstić information content (AvgIpc) is 3.14. The van der Waals surface area contributed by atoms with E-state index in [2.05, 4.69) is 5.32 Å². The topological polar surface area (TPSA) is 126 Å². The van der Waals surface area contributed by atoms with Crippen LogP contribution in [0, 0.1) is 17.1 Å². The SMILES string of the molecule is N#C/C(=C\c1ccc(-c2ccccc2F)o1)C(=O)Nc1ccc(S(N)(=O)=O)cc1. The zero-order chi connectivity index (χ0) is 21.0. The van der Waals surface area contributed by atoms with Crippen LogP contribution in [-0.4, -0.2) is 14.3 Å². The first kappa shape index (κ1) is 20.0. The van der Waals surface area contributed by atoms with Gasteiger partial charge in [-0.3, -0.25) is 4.79 Å². The third kappa shape index (κ3) is 4.76. The highest BCUT2D eigenvalue weighted by molar-refractivity contribution is 7.89. The van der Waals surface area contributed by atoms with Gasteiger partial charge in [0.1, 0.15) is 29.0 Å². The van der Waals surface area contributed by atoms with Crippen molar-refractivity contribution in [3.05, 3.63) is 77.8 Å². The fourth-order valence-corrected chi connectivity index (χ4v) is 2.97. The number of hydrogen-bond acceptors (Lipinski definition) is 5. The Morgan fingerprint density at radius 1 is 1.10 bits per heavy atom. The van der Waals surface area contributed by atoms with Crippen LogP contribution in [0.1, 0.15) is 5.76 Å². The second kappa shape index (κ2) is 8.10. The maximum Gasteiger partial charge on any atom is 0.266 e. The van der Waals surface area contributed by atoms with Gasteiger partial charge >= 0.3 is 0 Å². The van der Waals surface area contributed by atoms with Crippen molar-refractivity contribution in [1.29, 1.82) is 5.26 Å². The van der Waals surface area contributed by atoms with Gasteiger partial charge < -0.3 is 9.73 Å². The number of hydrogen-bond donors (Lipinski definition) is 2. The largest absolute Gasteiger partial charge is 0.457 e. The Bertz CT molecular complexity index is 1240. The summed E-state index contributed by atoms with van der Waals surface area (Å²) in [4.78, 5) is 12.2. The van der Waals surface area contributed by atoms with Crippen molar-refractivity contribution in [3.63, 3.8) is 0 Å². The summed E-state index contributed by atoms with van der Waals surface area (Å²) < 4.78 is 41.9. The summed E-state index contributed by atoms with van der Waals surface area (Å²) in [7, 11) is -3.85. The van der Waals surface area contributed by atoms with Crippen LogP contribution in [0.25, 0.3) is 17.4 Å². The fourth-order valence-electron chi connectivity index (χ4n) is 2.45. The lowest BCUT2D eigenvalue weighted by Crippen LogP contribution is -2.14. The molecular weight excluding hydrogens is 397 g/mol. The predicted molar refractivity (Wildman–Crippen MR) is 104 cm³/mol. The number of nitrogens with two attached hydrogens (primary N) is 1. The van der Waals surface area contributed by atoms with Gasteiger partial charge in [0.15, 0.2) is 0 Å². The first-order valence-corrected chi connectivity index (χ1v) is 9.73. The van der Waals surface area contributed by atoms with E-state index in [4.69, 9.17) is 9.56 Å². The molecule has 0 bridgehead atoms. The summed E-state index contributed by atoms with van der Waals surface area (Å²) in [5.74, 6) is -0.733. The van der Waals surface area contributed by atoms with Crippen LogP contribution in [0.4, 0.5) is 10.1 Å². The molecule has 1 amide bonds. The van der Waals surface area contributed by atoms with Crippen molar-refractivity contribution in [2.24, 2.45) is 5.14 Å². The third-order valence-corrected chi connectivity index (χ3v) is 4.79. The first-order valence-electron chi connectivity index (χ1n) is 8.18. The monoisotopic (exact) mass is 411 g/mol. The summed E-state index contributed by atoms with van der Waals surface area (Å²) in [6, 6.07) is 16.0. The number of carbonyl (C=O) groups excluding carboxylic acids is 1. The first-order chi connectivity index (χ1) is 13.8. The molecule has 29 heavy (non-hydrogen) atoms. The molecule has 7 nitrogen and oxygen atoms in total. The third-order valence-electron chi connectivity index (χ3n) is 3.86. The quantitative estimate of drug-likeness (QED) is 0.492. The van der Waals surface area contributed by atoms with E-state index >= 15 is 0 Å². The van der Waals surface area contributed by atoms with Crippen LogP contribution in [0.3, 0.4) is 0 Å². The van der Waals surface area contributed by atoms with Gasteiger partial charge in [-0.15, -0.1) is 0 Å². The van der Waals surface area contributed by atoms with Gasteiger partial charge in [0.05, 0.1) is 10.5 Å². The van der Waals surface area contributed by atoms with E-state index in [1.54, 1.807) is 24.3 Å². The summed E-state index contributed by atoms with van der Waals surface area (Å²) in [6.07, 6.45) is 1.22.